The largest absolute Gasteiger partial charge is 0.317 e. The van der Waals surface area contributed by atoms with Crippen molar-refractivity contribution in [3.05, 3.63) is 0 Å². The van der Waals surface area contributed by atoms with E-state index >= 15 is 0 Å². The van der Waals surface area contributed by atoms with Crippen LogP contribution in [0.5, 0.6) is 0 Å². The van der Waals surface area contributed by atoms with Crippen LogP contribution in [0.3, 0.4) is 0 Å². The first-order chi connectivity index (χ1) is 4.77. The molecule has 0 aliphatic heterocycles. The summed E-state index contributed by atoms with van der Waals surface area (Å²) in [6.45, 7) is 4.08. The fourth-order valence-corrected chi connectivity index (χ4v) is 0.765. The van der Waals surface area contributed by atoms with E-state index < -0.39 is 11.4 Å². The van der Waals surface area contributed by atoms with E-state index in [1.54, 1.807) is 0 Å². The lowest BCUT2D eigenvalue weighted by atomic mass is 10.4. The minimum absolute atomic E-state index is 0.329. The quantitative estimate of drug-likeness (QED) is 0.436. The highest BCUT2D eigenvalue weighted by atomic mass is 32.2. The number of rotatable bonds is 6. The number of hydrogen-bond acceptors (Lipinski definition) is 3. The molecular weight excluding hydrogens is 154 g/mol. The molecule has 1 atom stereocenters. The summed E-state index contributed by atoms with van der Waals surface area (Å²) < 4.78 is 22.4. The van der Waals surface area contributed by atoms with E-state index in [9.17, 15) is 4.21 Å². The summed E-state index contributed by atoms with van der Waals surface area (Å²) in [5, 5.41) is 3.06. The van der Waals surface area contributed by atoms with Crippen LogP contribution >= 0.6 is 0 Å². The van der Waals surface area contributed by atoms with Crippen molar-refractivity contribution in [1.82, 2.24) is 5.32 Å². The maximum absolute atomic E-state index is 9.90. The SMILES string of the molecule is CCNCCCOS(=O)O. The van der Waals surface area contributed by atoms with Gasteiger partial charge in [-0.1, -0.05) is 6.92 Å². The van der Waals surface area contributed by atoms with Gasteiger partial charge in [-0.2, -0.15) is 4.21 Å². The van der Waals surface area contributed by atoms with Crippen LogP contribution in [0.15, 0.2) is 0 Å². The van der Waals surface area contributed by atoms with Crippen molar-refractivity contribution in [2.24, 2.45) is 0 Å². The van der Waals surface area contributed by atoms with E-state index in [2.05, 4.69) is 9.50 Å². The lowest BCUT2D eigenvalue weighted by molar-refractivity contribution is 0.300. The van der Waals surface area contributed by atoms with Crippen molar-refractivity contribution in [2.75, 3.05) is 19.7 Å². The lowest BCUT2D eigenvalue weighted by Gasteiger charge is -1.99. The summed E-state index contributed by atoms with van der Waals surface area (Å²) in [6.07, 6.45) is 0.764. The third kappa shape index (κ3) is 8.03. The molecule has 0 amide bonds. The monoisotopic (exact) mass is 167 g/mol. The summed E-state index contributed by atoms with van der Waals surface area (Å²) in [6, 6.07) is 0. The predicted octanol–water partition coefficient (Wildman–Crippen LogP) is 0.139. The van der Waals surface area contributed by atoms with Crippen molar-refractivity contribution in [3.63, 3.8) is 0 Å². The van der Waals surface area contributed by atoms with E-state index in [0.717, 1.165) is 19.5 Å². The molecule has 0 rings (SSSR count). The zero-order chi connectivity index (χ0) is 7.82. The molecule has 0 saturated heterocycles. The molecule has 0 heterocycles. The van der Waals surface area contributed by atoms with Gasteiger partial charge < -0.3 is 5.32 Å². The standard InChI is InChI=1S/C5H13NO3S/c1-2-6-4-3-5-9-10(7)8/h6H,2-5H2,1H3,(H,7,8). The first kappa shape index (κ1) is 10.0. The van der Waals surface area contributed by atoms with Crippen LogP contribution in [-0.4, -0.2) is 28.5 Å². The summed E-state index contributed by atoms with van der Waals surface area (Å²) in [4.78, 5) is 0. The van der Waals surface area contributed by atoms with Gasteiger partial charge in [-0.3, -0.25) is 8.74 Å². The zero-order valence-electron chi connectivity index (χ0n) is 6.00. The Morgan fingerprint density at radius 3 is 2.90 bits per heavy atom. The molecule has 62 valence electrons. The second-order valence-corrected chi connectivity index (χ2v) is 2.42. The van der Waals surface area contributed by atoms with E-state index in [1.165, 1.54) is 0 Å². The Hall–Kier alpha value is 0.0300. The zero-order valence-corrected chi connectivity index (χ0v) is 6.82. The highest BCUT2D eigenvalue weighted by Gasteiger charge is 1.91. The normalized spacial score (nSPS) is 13.4. The summed E-state index contributed by atoms with van der Waals surface area (Å²) in [7, 11) is 0. The first-order valence-electron chi connectivity index (χ1n) is 3.22. The van der Waals surface area contributed by atoms with Gasteiger partial charge in [0.1, 0.15) is 0 Å². The van der Waals surface area contributed by atoms with E-state index in [-0.39, 0.29) is 0 Å². The van der Waals surface area contributed by atoms with Gasteiger partial charge in [0, 0.05) is 0 Å². The van der Waals surface area contributed by atoms with Crippen LogP contribution in [0.4, 0.5) is 0 Å². The molecule has 2 N–H and O–H groups in total. The Balaban J connectivity index is 2.84. The lowest BCUT2D eigenvalue weighted by Crippen LogP contribution is -2.15. The van der Waals surface area contributed by atoms with Gasteiger partial charge in [0.05, 0.1) is 6.61 Å². The highest BCUT2D eigenvalue weighted by Crippen LogP contribution is 1.82. The molecule has 0 aliphatic rings. The smallest absolute Gasteiger partial charge is 0.301 e. The van der Waals surface area contributed by atoms with Crippen LogP contribution in [0.2, 0.25) is 0 Å². The van der Waals surface area contributed by atoms with Crippen molar-refractivity contribution >= 4 is 11.4 Å². The van der Waals surface area contributed by atoms with Crippen LogP contribution < -0.4 is 5.32 Å². The van der Waals surface area contributed by atoms with Crippen LogP contribution in [0.1, 0.15) is 13.3 Å². The summed E-state index contributed by atoms with van der Waals surface area (Å²) in [5.41, 5.74) is 0. The van der Waals surface area contributed by atoms with E-state index in [0.29, 0.717) is 6.61 Å². The first-order valence-corrected chi connectivity index (χ1v) is 4.25. The third-order valence-electron chi connectivity index (χ3n) is 0.932. The summed E-state index contributed by atoms with van der Waals surface area (Å²) in [5.74, 6) is 0. The Labute approximate surface area is 63.4 Å². The number of nitrogens with one attached hydrogen (secondary N) is 1. The molecule has 4 nitrogen and oxygen atoms in total. The summed E-state index contributed by atoms with van der Waals surface area (Å²) >= 11 is -2.10. The topological polar surface area (TPSA) is 58.6 Å². The average molecular weight is 167 g/mol. The molecule has 0 spiro atoms. The van der Waals surface area contributed by atoms with Gasteiger partial charge in [-0.15, -0.1) is 0 Å². The van der Waals surface area contributed by atoms with Gasteiger partial charge in [-0.25, -0.2) is 0 Å². The van der Waals surface area contributed by atoms with E-state index in [1.807, 2.05) is 6.92 Å². The second kappa shape index (κ2) is 7.14. The van der Waals surface area contributed by atoms with Crippen LogP contribution in [0.25, 0.3) is 0 Å². The fraction of sp³-hybridized carbons (Fsp3) is 1.00. The highest BCUT2D eigenvalue weighted by molar-refractivity contribution is 7.74. The molecule has 0 aliphatic carbocycles. The molecule has 0 aromatic heterocycles. The maximum Gasteiger partial charge on any atom is 0.301 e. The van der Waals surface area contributed by atoms with Crippen LogP contribution in [-0.2, 0) is 15.5 Å². The molecule has 0 saturated carbocycles. The average Bonchev–Trinajstić information content (AvgIpc) is 1.87. The van der Waals surface area contributed by atoms with Gasteiger partial charge >= 0.3 is 11.4 Å². The minimum Gasteiger partial charge on any atom is -0.317 e. The number of hydrogen-bond donors (Lipinski definition) is 2. The second-order valence-electron chi connectivity index (χ2n) is 1.75. The third-order valence-corrected chi connectivity index (χ3v) is 1.30. The van der Waals surface area contributed by atoms with Gasteiger partial charge in [-0.05, 0) is 19.5 Å². The Morgan fingerprint density at radius 2 is 2.40 bits per heavy atom. The molecule has 5 heteroatoms. The fourth-order valence-electron chi connectivity index (χ4n) is 0.504. The molecular formula is C5H13NO3S. The Kier molecular flexibility index (Phi) is 7.16. The molecule has 0 radical (unpaired) electrons. The van der Waals surface area contributed by atoms with Crippen LogP contribution in [0, 0.1) is 0 Å². The van der Waals surface area contributed by atoms with Crippen molar-refractivity contribution in [2.45, 2.75) is 13.3 Å². The molecule has 0 fully saturated rings. The minimum atomic E-state index is -2.10. The molecule has 0 bridgehead atoms. The van der Waals surface area contributed by atoms with Gasteiger partial charge in [0.15, 0.2) is 0 Å². The molecule has 0 aromatic rings. The predicted molar refractivity (Wildman–Crippen MR) is 39.9 cm³/mol. The Morgan fingerprint density at radius 1 is 1.70 bits per heavy atom. The molecule has 1 unspecified atom stereocenters. The van der Waals surface area contributed by atoms with E-state index in [4.69, 9.17) is 4.55 Å². The van der Waals surface area contributed by atoms with Gasteiger partial charge in [0.25, 0.3) is 0 Å². The maximum atomic E-state index is 9.90. The Bertz CT molecular complexity index is 98.9. The molecule has 0 aromatic carbocycles. The van der Waals surface area contributed by atoms with Gasteiger partial charge in [0.2, 0.25) is 0 Å². The van der Waals surface area contributed by atoms with Crippen molar-refractivity contribution in [3.8, 4) is 0 Å². The van der Waals surface area contributed by atoms with Crippen molar-refractivity contribution in [1.29, 1.82) is 0 Å². The molecule has 10 heavy (non-hydrogen) atoms. The van der Waals surface area contributed by atoms with Crippen molar-refractivity contribution < 1.29 is 12.9 Å².